The van der Waals surface area contributed by atoms with Crippen LogP contribution in [-0.4, -0.2) is 35.6 Å². The van der Waals surface area contributed by atoms with Crippen molar-refractivity contribution in [2.24, 2.45) is 5.92 Å². The van der Waals surface area contributed by atoms with Crippen LogP contribution in [-0.2, 0) is 4.79 Å². The Bertz CT molecular complexity index is 186. The number of rotatable bonds is 6. The molecule has 1 aliphatic heterocycles. The van der Waals surface area contributed by atoms with Crippen molar-refractivity contribution in [2.45, 2.75) is 45.4 Å². The van der Waals surface area contributed by atoms with E-state index in [1.54, 1.807) is 0 Å². The summed E-state index contributed by atoms with van der Waals surface area (Å²) in [5.41, 5.74) is 0. The highest BCUT2D eigenvalue weighted by molar-refractivity contribution is 5.67. The summed E-state index contributed by atoms with van der Waals surface area (Å²) in [5, 5.41) is 8.69. The SMILES string of the molecule is CCCCCN1CCC(CC(=O)O)CC1. The van der Waals surface area contributed by atoms with E-state index in [2.05, 4.69) is 11.8 Å². The fourth-order valence-corrected chi connectivity index (χ4v) is 2.25. The molecule has 3 heteroatoms. The quantitative estimate of drug-likeness (QED) is 0.689. The van der Waals surface area contributed by atoms with Crippen molar-refractivity contribution in [1.29, 1.82) is 0 Å². The van der Waals surface area contributed by atoms with E-state index in [9.17, 15) is 4.79 Å². The molecule has 0 aromatic carbocycles. The predicted molar refractivity (Wildman–Crippen MR) is 60.9 cm³/mol. The highest BCUT2D eigenvalue weighted by Gasteiger charge is 2.20. The monoisotopic (exact) mass is 213 g/mol. The molecule has 1 heterocycles. The molecular weight excluding hydrogens is 190 g/mol. The van der Waals surface area contributed by atoms with Crippen molar-refractivity contribution >= 4 is 5.97 Å². The van der Waals surface area contributed by atoms with Crippen LogP contribution in [0.5, 0.6) is 0 Å². The lowest BCUT2D eigenvalue weighted by atomic mass is 9.93. The Hall–Kier alpha value is -0.570. The molecule has 0 spiro atoms. The number of carboxylic acids is 1. The zero-order valence-electron chi connectivity index (χ0n) is 9.74. The number of carboxylic acid groups (broad SMARTS) is 1. The minimum absolute atomic E-state index is 0.364. The Morgan fingerprint density at radius 3 is 2.53 bits per heavy atom. The van der Waals surface area contributed by atoms with Gasteiger partial charge < -0.3 is 10.0 Å². The van der Waals surface area contributed by atoms with Gasteiger partial charge in [-0.2, -0.15) is 0 Å². The van der Waals surface area contributed by atoms with Gasteiger partial charge in [-0.25, -0.2) is 0 Å². The highest BCUT2D eigenvalue weighted by atomic mass is 16.4. The summed E-state index contributed by atoms with van der Waals surface area (Å²) in [4.78, 5) is 13.0. The lowest BCUT2D eigenvalue weighted by molar-refractivity contribution is -0.138. The fourth-order valence-electron chi connectivity index (χ4n) is 2.25. The van der Waals surface area contributed by atoms with Crippen LogP contribution in [0.25, 0.3) is 0 Å². The van der Waals surface area contributed by atoms with E-state index < -0.39 is 5.97 Å². The maximum Gasteiger partial charge on any atom is 0.303 e. The van der Waals surface area contributed by atoms with Gasteiger partial charge in [0.1, 0.15) is 0 Å². The summed E-state index contributed by atoms with van der Waals surface area (Å²) in [6.45, 7) is 5.62. The van der Waals surface area contributed by atoms with Crippen LogP contribution < -0.4 is 0 Å². The molecule has 0 amide bonds. The normalized spacial score (nSPS) is 19.3. The zero-order valence-corrected chi connectivity index (χ0v) is 9.74. The van der Waals surface area contributed by atoms with Gasteiger partial charge in [0.15, 0.2) is 0 Å². The number of likely N-dealkylation sites (tertiary alicyclic amines) is 1. The number of hydrogen-bond acceptors (Lipinski definition) is 2. The summed E-state index contributed by atoms with van der Waals surface area (Å²) in [7, 11) is 0. The lowest BCUT2D eigenvalue weighted by Crippen LogP contribution is -2.35. The summed E-state index contributed by atoms with van der Waals surface area (Å²) in [6.07, 6.45) is 6.38. The fraction of sp³-hybridized carbons (Fsp3) is 0.917. The van der Waals surface area contributed by atoms with Crippen LogP contribution in [0.15, 0.2) is 0 Å². The third-order valence-electron chi connectivity index (χ3n) is 3.25. The third kappa shape index (κ3) is 5.17. The molecule has 3 nitrogen and oxygen atoms in total. The van der Waals surface area contributed by atoms with Crippen LogP contribution in [0.2, 0.25) is 0 Å². The molecule has 1 fully saturated rings. The second kappa shape index (κ2) is 6.83. The maximum atomic E-state index is 10.5. The van der Waals surface area contributed by atoms with Crippen LogP contribution in [0.1, 0.15) is 45.4 Å². The first kappa shape index (κ1) is 12.5. The van der Waals surface area contributed by atoms with Crippen molar-refractivity contribution in [3.05, 3.63) is 0 Å². The Balaban J connectivity index is 2.10. The van der Waals surface area contributed by atoms with E-state index in [-0.39, 0.29) is 0 Å². The molecule has 0 saturated carbocycles. The van der Waals surface area contributed by atoms with E-state index in [0.29, 0.717) is 12.3 Å². The minimum Gasteiger partial charge on any atom is -0.481 e. The van der Waals surface area contributed by atoms with Crippen LogP contribution in [0, 0.1) is 5.92 Å². The molecule has 0 unspecified atom stereocenters. The molecule has 88 valence electrons. The lowest BCUT2D eigenvalue weighted by Gasteiger charge is -2.31. The number of unbranched alkanes of at least 4 members (excludes halogenated alkanes) is 2. The first-order chi connectivity index (χ1) is 7.22. The summed E-state index contributed by atoms with van der Waals surface area (Å²) in [5.74, 6) is -0.218. The Morgan fingerprint density at radius 1 is 1.33 bits per heavy atom. The molecule has 15 heavy (non-hydrogen) atoms. The minimum atomic E-state index is -0.639. The maximum absolute atomic E-state index is 10.5. The number of hydrogen-bond donors (Lipinski definition) is 1. The predicted octanol–water partition coefficient (Wildman–Crippen LogP) is 2.36. The molecule has 0 aliphatic carbocycles. The van der Waals surface area contributed by atoms with Gasteiger partial charge in [-0.1, -0.05) is 19.8 Å². The van der Waals surface area contributed by atoms with E-state index in [0.717, 1.165) is 25.9 Å². The van der Waals surface area contributed by atoms with Gasteiger partial charge in [0.05, 0.1) is 0 Å². The van der Waals surface area contributed by atoms with Crippen LogP contribution >= 0.6 is 0 Å². The van der Waals surface area contributed by atoms with Crippen molar-refractivity contribution in [3.8, 4) is 0 Å². The smallest absolute Gasteiger partial charge is 0.303 e. The molecular formula is C12H23NO2. The molecule has 0 bridgehead atoms. The van der Waals surface area contributed by atoms with Gasteiger partial charge in [0, 0.05) is 6.42 Å². The molecule has 1 rings (SSSR count). The molecule has 0 aromatic rings. The second-order valence-electron chi connectivity index (χ2n) is 4.59. The number of piperidine rings is 1. The largest absolute Gasteiger partial charge is 0.481 e. The average molecular weight is 213 g/mol. The third-order valence-corrected chi connectivity index (χ3v) is 3.25. The molecule has 1 saturated heterocycles. The first-order valence-electron chi connectivity index (χ1n) is 6.16. The van der Waals surface area contributed by atoms with E-state index >= 15 is 0 Å². The van der Waals surface area contributed by atoms with Gasteiger partial charge >= 0.3 is 5.97 Å². The average Bonchev–Trinajstić information content (AvgIpc) is 2.20. The Labute approximate surface area is 92.5 Å². The van der Waals surface area contributed by atoms with Crippen molar-refractivity contribution < 1.29 is 9.90 Å². The highest BCUT2D eigenvalue weighted by Crippen LogP contribution is 2.20. The van der Waals surface area contributed by atoms with Gasteiger partial charge in [0.25, 0.3) is 0 Å². The van der Waals surface area contributed by atoms with Crippen molar-refractivity contribution in [2.75, 3.05) is 19.6 Å². The molecule has 0 aromatic heterocycles. The first-order valence-corrected chi connectivity index (χ1v) is 6.16. The second-order valence-corrected chi connectivity index (χ2v) is 4.59. The van der Waals surface area contributed by atoms with E-state index in [4.69, 9.17) is 5.11 Å². The Morgan fingerprint density at radius 2 is 2.00 bits per heavy atom. The van der Waals surface area contributed by atoms with Gasteiger partial charge in [0.2, 0.25) is 0 Å². The van der Waals surface area contributed by atoms with Gasteiger partial charge in [-0.05, 0) is 44.8 Å². The van der Waals surface area contributed by atoms with Gasteiger partial charge in [-0.15, -0.1) is 0 Å². The zero-order chi connectivity index (χ0) is 11.1. The molecule has 0 radical (unpaired) electrons. The van der Waals surface area contributed by atoms with Gasteiger partial charge in [-0.3, -0.25) is 4.79 Å². The summed E-state index contributed by atoms with van der Waals surface area (Å²) >= 11 is 0. The van der Waals surface area contributed by atoms with Crippen LogP contribution in [0.4, 0.5) is 0 Å². The number of nitrogens with zero attached hydrogens (tertiary/aromatic N) is 1. The topological polar surface area (TPSA) is 40.5 Å². The standard InChI is InChI=1S/C12H23NO2/c1-2-3-4-7-13-8-5-11(6-9-13)10-12(14)15/h11H,2-10H2,1H3,(H,14,15). The molecule has 1 aliphatic rings. The van der Waals surface area contributed by atoms with E-state index in [1.165, 1.54) is 25.8 Å². The van der Waals surface area contributed by atoms with Crippen molar-refractivity contribution in [3.63, 3.8) is 0 Å². The Kier molecular flexibility index (Phi) is 5.69. The summed E-state index contributed by atoms with van der Waals surface area (Å²) < 4.78 is 0. The molecule has 1 N–H and O–H groups in total. The molecule has 0 atom stereocenters. The van der Waals surface area contributed by atoms with Crippen LogP contribution in [0.3, 0.4) is 0 Å². The van der Waals surface area contributed by atoms with E-state index in [1.807, 2.05) is 0 Å². The number of aliphatic carboxylic acids is 1. The number of carbonyl (C=O) groups is 1. The van der Waals surface area contributed by atoms with Crippen molar-refractivity contribution in [1.82, 2.24) is 4.90 Å². The summed E-state index contributed by atoms with van der Waals surface area (Å²) in [6, 6.07) is 0.